The van der Waals surface area contributed by atoms with Gasteiger partial charge in [0, 0.05) is 0 Å². The first-order valence-corrected chi connectivity index (χ1v) is 36.2. The zero-order chi connectivity index (χ0) is 29.5. The Morgan fingerprint density at radius 2 is 0.976 bits per heavy atom. The van der Waals surface area contributed by atoms with Gasteiger partial charge in [-0.1, -0.05) is 0 Å². The number of hydrogen-bond acceptors (Lipinski definition) is 0. The molecule has 0 nitrogen and oxygen atoms in total. The third-order valence-corrected chi connectivity index (χ3v) is 82.1. The van der Waals surface area contributed by atoms with E-state index >= 15 is 0 Å². The van der Waals surface area contributed by atoms with Gasteiger partial charge >= 0.3 is 263 Å². The summed E-state index contributed by atoms with van der Waals surface area (Å²) in [5, 5.41) is 0. The van der Waals surface area contributed by atoms with Crippen LogP contribution in [0.4, 0.5) is 0 Å². The molecule has 0 saturated heterocycles. The van der Waals surface area contributed by atoms with Crippen LogP contribution in [-0.4, -0.2) is 9.98 Å². The molecule has 0 heterocycles. The number of hydrogen-bond donors (Lipinski definition) is 0. The summed E-state index contributed by atoms with van der Waals surface area (Å²) in [4.78, 5) is 0. The molecule has 4 aromatic carbocycles. The van der Waals surface area contributed by atoms with Crippen molar-refractivity contribution in [3.05, 3.63) is 130 Å². The van der Waals surface area contributed by atoms with Crippen LogP contribution in [-0.2, 0) is 13.3 Å². The molecule has 2 aliphatic carbocycles. The van der Waals surface area contributed by atoms with Crippen molar-refractivity contribution < 1.29 is 13.3 Å². The van der Waals surface area contributed by atoms with Gasteiger partial charge in [-0.25, -0.2) is 0 Å². The summed E-state index contributed by atoms with van der Waals surface area (Å²) < 4.78 is 0.296. The quantitative estimate of drug-likeness (QED) is 0.158. The third-order valence-electron chi connectivity index (χ3n) is 9.56. The SMILES string of the molecule is CCCC1=Cc2c(-c3ccccc3)cccc2[CH]1[Zr]([Cl])([Cl])([CH]1C(CCC)=Cc2c(-c3ccccc3)cccc21)=[Ge]([CH3])[CH3]. The summed E-state index contributed by atoms with van der Waals surface area (Å²) in [6, 6.07) is 35.4. The van der Waals surface area contributed by atoms with Crippen molar-refractivity contribution in [1.82, 2.24) is 0 Å². The molecule has 0 aliphatic heterocycles. The summed E-state index contributed by atoms with van der Waals surface area (Å²) in [5.41, 5.74) is 13.5. The van der Waals surface area contributed by atoms with Crippen LogP contribution in [0.25, 0.3) is 34.4 Å². The Morgan fingerprint density at radius 1 is 0.571 bits per heavy atom. The Hall–Kier alpha value is -1.63. The van der Waals surface area contributed by atoms with Crippen molar-refractivity contribution >= 4 is 39.2 Å². The molecule has 0 amide bonds. The van der Waals surface area contributed by atoms with E-state index in [-0.39, 0.29) is 7.25 Å². The first-order chi connectivity index (χ1) is 20.3. The molecule has 0 spiro atoms. The molecule has 42 heavy (non-hydrogen) atoms. The van der Waals surface area contributed by atoms with E-state index in [1.54, 1.807) is 0 Å². The van der Waals surface area contributed by atoms with Gasteiger partial charge in [-0.15, -0.1) is 0 Å². The van der Waals surface area contributed by atoms with Gasteiger partial charge in [-0.3, -0.25) is 0 Å². The minimum atomic E-state index is -4.73. The second kappa shape index (κ2) is 12.0. The maximum atomic E-state index is 8.62. The molecule has 0 fully saturated rings. The standard InChI is InChI=1S/2C18H17.C2H6Ge.2ClH.Zr/c2*1-2-7-14-12-16-10-6-11-17(18(16)13-14)15-8-4-3-5-9-15;1-3-2;;;/h2*3-6,8-13H,2,7H2,1H3;1-2H3;2*1H;/q;;;;;+2/p-2. The molecular weight excluding hydrogens is 691 g/mol. The van der Waals surface area contributed by atoms with Crippen LogP contribution in [0.5, 0.6) is 0 Å². The monoisotopic (exact) mass is 730 g/mol. The van der Waals surface area contributed by atoms with Gasteiger partial charge in [-0.05, 0) is 0 Å². The molecule has 2 atom stereocenters. The van der Waals surface area contributed by atoms with E-state index in [1.165, 1.54) is 55.7 Å². The summed E-state index contributed by atoms with van der Waals surface area (Å²) in [7, 11) is 15.3. The number of halogens is 2. The van der Waals surface area contributed by atoms with Crippen molar-refractivity contribution in [2.24, 2.45) is 0 Å². The van der Waals surface area contributed by atoms with E-state index in [4.69, 9.17) is 17.0 Å². The zero-order valence-electron chi connectivity index (χ0n) is 25.1. The van der Waals surface area contributed by atoms with E-state index in [9.17, 15) is 0 Å². The Kier molecular flexibility index (Phi) is 8.72. The molecule has 4 heteroatoms. The molecule has 0 N–H and O–H groups in total. The predicted octanol–water partition coefficient (Wildman–Crippen LogP) is 12.4. The van der Waals surface area contributed by atoms with Crippen LogP contribution in [0, 0.1) is 0 Å². The van der Waals surface area contributed by atoms with Gasteiger partial charge in [0.15, 0.2) is 0 Å². The van der Waals surface area contributed by atoms with Crippen LogP contribution in [0.15, 0.2) is 108 Å². The molecule has 0 aromatic heterocycles. The molecule has 4 aromatic rings. The van der Waals surface area contributed by atoms with Crippen LogP contribution in [0.1, 0.15) is 69.0 Å². The predicted molar refractivity (Wildman–Crippen MR) is 184 cm³/mol. The topological polar surface area (TPSA) is 0 Å². The fraction of sp³-hybridized carbons (Fsp3) is 0.263. The Bertz CT molecular complexity index is 1650. The average Bonchev–Trinajstić information content (AvgIpc) is 3.57. The van der Waals surface area contributed by atoms with Crippen LogP contribution in [0.2, 0.25) is 11.5 Å². The molecule has 0 radical (unpaired) electrons. The van der Waals surface area contributed by atoms with Crippen molar-refractivity contribution in [2.45, 2.75) is 58.3 Å². The summed E-state index contributed by atoms with van der Waals surface area (Å²) in [5.74, 6) is 4.97. The van der Waals surface area contributed by atoms with E-state index in [0.717, 1.165) is 25.7 Å². The Labute approximate surface area is 261 Å². The fourth-order valence-electron chi connectivity index (χ4n) is 7.67. The van der Waals surface area contributed by atoms with Crippen molar-refractivity contribution in [2.75, 3.05) is 0 Å². The van der Waals surface area contributed by atoms with Crippen LogP contribution in [0.3, 0.4) is 0 Å². The molecular formula is C38H40Cl2GeZr. The first kappa shape index (κ1) is 30.4. The summed E-state index contributed by atoms with van der Waals surface area (Å²) in [6.07, 6.45) is 9.25. The second-order valence-electron chi connectivity index (χ2n) is 12.3. The van der Waals surface area contributed by atoms with Gasteiger partial charge in [0.1, 0.15) is 0 Å². The molecule has 0 bridgehead atoms. The molecule has 2 aliphatic rings. The molecule has 214 valence electrons. The third kappa shape index (κ3) is 4.92. The fourth-order valence-corrected chi connectivity index (χ4v) is 48.7. The van der Waals surface area contributed by atoms with Gasteiger partial charge in [0.2, 0.25) is 0 Å². The van der Waals surface area contributed by atoms with Gasteiger partial charge < -0.3 is 0 Å². The van der Waals surface area contributed by atoms with Gasteiger partial charge in [0.25, 0.3) is 0 Å². The van der Waals surface area contributed by atoms with Gasteiger partial charge in [-0.2, -0.15) is 0 Å². The Morgan fingerprint density at radius 3 is 1.33 bits per heavy atom. The zero-order valence-corrected chi connectivity index (χ0v) is 31.2. The number of rotatable bonds is 8. The van der Waals surface area contributed by atoms with E-state index < -0.39 is 23.3 Å². The molecule has 2 unspecified atom stereocenters. The van der Waals surface area contributed by atoms with Crippen LogP contribution < -0.4 is 0 Å². The van der Waals surface area contributed by atoms with E-state index in [0.29, 0.717) is 0 Å². The molecule has 6 rings (SSSR count). The Balaban J connectivity index is 1.62. The number of allylic oxidation sites excluding steroid dienone is 2. The van der Waals surface area contributed by atoms with Gasteiger partial charge in [0.05, 0.1) is 0 Å². The first-order valence-electron chi connectivity index (χ1n) is 15.4. The summed E-state index contributed by atoms with van der Waals surface area (Å²) >= 11 is -4.73. The van der Waals surface area contributed by atoms with E-state index in [2.05, 4.69) is 135 Å². The van der Waals surface area contributed by atoms with E-state index in [1.807, 2.05) is 0 Å². The van der Waals surface area contributed by atoms with Crippen molar-refractivity contribution in [3.63, 3.8) is 0 Å². The number of benzene rings is 4. The normalized spacial score (nSPS) is 17.9. The van der Waals surface area contributed by atoms with Crippen molar-refractivity contribution in [3.8, 4) is 22.3 Å². The number of fused-ring (bicyclic) bond motifs is 2. The van der Waals surface area contributed by atoms with Crippen molar-refractivity contribution in [1.29, 1.82) is 0 Å². The van der Waals surface area contributed by atoms with Crippen LogP contribution >= 0.6 is 17.0 Å². The maximum absolute atomic E-state index is 8.62. The summed E-state index contributed by atoms with van der Waals surface area (Å²) in [6.45, 7) is 4.58. The molecule has 0 saturated carbocycles. The average molecular weight is 731 g/mol. The second-order valence-corrected chi connectivity index (χ2v) is 69.8. The minimum absolute atomic E-state index is 0.148.